The van der Waals surface area contributed by atoms with Gasteiger partial charge in [0.15, 0.2) is 5.82 Å². The third-order valence-electron chi connectivity index (χ3n) is 1.16. The summed E-state index contributed by atoms with van der Waals surface area (Å²) in [7, 11) is 0. The van der Waals surface area contributed by atoms with E-state index in [0.29, 0.717) is 11.5 Å². The van der Waals surface area contributed by atoms with Gasteiger partial charge in [0.05, 0.1) is 11.4 Å². The monoisotopic (exact) mass is 166 g/mol. The Morgan fingerprint density at radius 1 is 1.67 bits per heavy atom. The highest BCUT2D eigenvalue weighted by Crippen LogP contribution is 1.97. The zero-order valence-corrected chi connectivity index (χ0v) is 7.39. The minimum Gasteiger partial charge on any atom is -0.394 e. The molecule has 0 saturated heterocycles. The Balaban J connectivity index is 4.78. The van der Waals surface area contributed by atoms with Crippen LogP contribution < -0.4 is 11.1 Å². The minimum absolute atomic E-state index is 0.282. The summed E-state index contributed by atoms with van der Waals surface area (Å²) in [4.78, 5) is 3.94. The molecule has 0 atom stereocenters. The number of rotatable bonds is 4. The lowest BCUT2D eigenvalue weighted by Crippen LogP contribution is -2.16. The summed E-state index contributed by atoms with van der Waals surface area (Å²) in [5.74, 6) is 0.458. The van der Waals surface area contributed by atoms with Crippen LogP contribution in [0.1, 0.15) is 13.8 Å². The van der Waals surface area contributed by atoms with Gasteiger partial charge in [0.1, 0.15) is 0 Å². The summed E-state index contributed by atoms with van der Waals surface area (Å²) in [5, 5.41) is 10.0. The molecule has 0 aromatic heterocycles. The fourth-order valence-electron chi connectivity index (χ4n) is 0.588. The van der Waals surface area contributed by atoms with Gasteiger partial charge in [0, 0.05) is 6.21 Å². The second kappa shape index (κ2) is 5.12. The number of allylic oxidation sites excluding steroid dienone is 1. The van der Waals surface area contributed by atoms with E-state index in [1.165, 1.54) is 6.20 Å². The van der Waals surface area contributed by atoms with Crippen molar-refractivity contribution in [3.8, 4) is 0 Å². The summed E-state index contributed by atoms with van der Waals surface area (Å²) in [6.07, 6.45) is 3.07. The fourth-order valence-corrected chi connectivity index (χ4v) is 0.588. The highest BCUT2D eigenvalue weighted by molar-refractivity contribution is 5.95. The molecule has 12 heavy (non-hydrogen) atoms. The highest BCUT2D eigenvalue weighted by atomic mass is 15.0. The van der Waals surface area contributed by atoms with Gasteiger partial charge in [-0.15, -0.1) is 0 Å². The Kier molecular flexibility index (Phi) is 4.45. The van der Waals surface area contributed by atoms with Gasteiger partial charge in [0.25, 0.3) is 0 Å². The Morgan fingerprint density at radius 2 is 2.25 bits per heavy atom. The lowest BCUT2D eigenvalue weighted by Gasteiger charge is -2.04. The van der Waals surface area contributed by atoms with Gasteiger partial charge in [0.2, 0.25) is 0 Å². The maximum absolute atomic E-state index is 7.26. The van der Waals surface area contributed by atoms with Gasteiger partial charge in [-0.2, -0.15) is 0 Å². The number of nitrogens with one attached hydrogen (secondary N) is 2. The number of hydrogen-bond acceptors (Lipinski definition) is 4. The largest absolute Gasteiger partial charge is 0.394 e. The van der Waals surface area contributed by atoms with E-state index in [9.17, 15) is 0 Å². The first kappa shape index (κ1) is 10.4. The van der Waals surface area contributed by atoms with Gasteiger partial charge in [-0.3, -0.25) is 0 Å². The molecule has 4 N–H and O–H groups in total. The van der Waals surface area contributed by atoms with Crippen molar-refractivity contribution in [3.05, 3.63) is 24.3 Å². The van der Waals surface area contributed by atoms with Gasteiger partial charge in [-0.1, -0.05) is 6.58 Å². The SMILES string of the molecule is C=CN/C(N=CC)=C(\N)C(C)=N. The van der Waals surface area contributed by atoms with E-state index >= 15 is 0 Å². The number of nitrogens with zero attached hydrogens (tertiary/aromatic N) is 1. The van der Waals surface area contributed by atoms with E-state index in [0.717, 1.165) is 0 Å². The van der Waals surface area contributed by atoms with E-state index < -0.39 is 0 Å². The topological polar surface area (TPSA) is 74.3 Å². The second-order valence-electron chi connectivity index (χ2n) is 2.12. The van der Waals surface area contributed by atoms with Crippen LogP contribution in [-0.2, 0) is 0 Å². The van der Waals surface area contributed by atoms with Crippen LogP contribution in [0.4, 0.5) is 0 Å². The molecule has 0 aromatic rings. The normalized spacial score (nSPS) is 12.5. The predicted molar refractivity (Wildman–Crippen MR) is 52.1 cm³/mol. The first-order chi connectivity index (χ1) is 5.63. The van der Waals surface area contributed by atoms with Crippen molar-refractivity contribution in [2.75, 3.05) is 0 Å². The molecule has 66 valence electrons. The van der Waals surface area contributed by atoms with Crippen molar-refractivity contribution in [3.63, 3.8) is 0 Å². The molecule has 0 amide bonds. The van der Waals surface area contributed by atoms with Crippen LogP contribution in [0.2, 0.25) is 0 Å². The van der Waals surface area contributed by atoms with E-state index in [-0.39, 0.29) is 5.71 Å². The zero-order valence-electron chi connectivity index (χ0n) is 7.39. The number of nitrogens with two attached hydrogens (primary N) is 1. The van der Waals surface area contributed by atoms with Gasteiger partial charge in [-0.25, -0.2) is 4.99 Å². The molecule has 4 nitrogen and oxygen atoms in total. The van der Waals surface area contributed by atoms with Gasteiger partial charge < -0.3 is 16.5 Å². The standard InChI is InChI=1S/C8H14N4/c1-4-11-8(12-5-2)7(10)6(3)9/h4-5,9,11H,1,10H2,2-3H3/b8-7+,9-6?,12-5?. The summed E-state index contributed by atoms with van der Waals surface area (Å²) < 4.78 is 0. The lowest BCUT2D eigenvalue weighted by molar-refractivity contribution is 1.00. The Hall–Kier alpha value is -1.58. The van der Waals surface area contributed by atoms with Crippen LogP contribution in [0.15, 0.2) is 29.3 Å². The van der Waals surface area contributed by atoms with Crippen molar-refractivity contribution >= 4 is 11.9 Å². The van der Waals surface area contributed by atoms with Crippen molar-refractivity contribution in [2.24, 2.45) is 10.7 Å². The van der Waals surface area contributed by atoms with Crippen LogP contribution in [0.3, 0.4) is 0 Å². The van der Waals surface area contributed by atoms with Crippen LogP contribution >= 0.6 is 0 Å². The first-order valence-corrected chi connectivity index (χ1v) is 3.54. The van der Waals surface area contributed by atoms with E-state index in [1.54, 1.807) is 20.1 Å². The number of hydrogen-bond donors (Lipinski definition) is 3. The van der Waals surface area contributed by atoms with Gasteiger partial charge in [-0.05, 0) is 20.0 Å². The molecule has 0 bridgehead atoms. The molecule has 0 aromatic carbocycles. The molecule has 0 spiro atoms. The molecule has 0 rings (SSSR count). The molecule has 0 aliphatic carbocycles. The van der Waals surface area contributed by atoms with Crippen LogP contribution in [0.25, 0.3) is 0 Å². The molecule has 0 saturated carbocycles. The van der Waals surface area contributed by atoms with Crippen molar-refractivity contribution in [2.45, 2.75) is 13.8 Å². The van der Waals surface area contributed by atoms with Gasteiger partial charge >= 0.3 is 0 Å². The molecular weight excluding hydrogens is 152 g/mol. The van der Waals surface area contributed by atoms with Crippen molar-refractivity contribution in [1.82, 2.24) is 5.32 Å². The third-order valence-corrected chi connectivity index (χ3v) is 1.16. The maximum atomic E-state index is 7.26. The number of aliphatic imine (C=N–C) groups is 1. The Bertz CT molecular complexity index is 237. The van der Waals surface area contributed by atoms with E-state index in [4.69, 9.17) is 11.1 Å². The molecule has 4 heteroatoms. The molecule has 0 radical (unpaired) electrons. The Labute approximate surface area is 72.4 Å². The lowest BCUT2D eigenvalue weighted by atomic mass is 10.3. The first-order valence-electron chi connectivity index (χ1n) is 3.54. The minimum atomic E-state index is 0.282. The summed E-state index contributed by atoms with van der Waals surface area (Å²) in [6.45, 7) is 6.86. The average molecular weight is 166 g/mol. The maximum Gasteiger partial charge on any atom is 0.154 e. The molecule has 0 heterocycles. The highest BCUT2D eigenvalue weighted by Gasteiger charge is 2.00. The molecule has 0 aliphatic rings. The van der Waals surface area contributed by atoms with Crippen LogP contribution in [0.5, 0.6) is 0 Å². The summed E-state index contributed by atoms with van der Waals surface area (Å²) >= 11 is 0. The smallest absolute Gasteiger partial charge is 0.154 e. The molecule has 0 fully saturated rings. The predicted octanol–water partition coefficient (Wildman–Crippen LogP) is 0.978. The fraction of sp³-hybridized carbons (Fsp3) is 0.250. The summed E-state index contributed by atoms with van der Waals surface area (Å²) in [6, 6.07) is 0. The van der Waals surface area contributed by atoms with Crippen LogP contribution in [0, 0.1) is 5.41 Å². The van der Waals surface area contributed by atoms with Crippen molar-refractivity contribution in [1.29, 1.82) is 5.41 Å². The second-order valence-corrected chi connectivity index (χ2v) is 2.12. The molecule has 0 unspecified atom stereocenters. The summed E-state index contributed by atoms with van der Waals surface area (Å²) in [5.41, 5.74) is 6.17. The van der Waals surface area contributed by atoms with Crippen molar-refractivity contribution < 1.29 is 0 Å². The van der Waals surface area contributed by atoms with Crippen LogP contribution in [-0.4, -0.2) is 11.9 Å². The zero-order chi connectivity index (χ0) is 9.56. The molecule has 0 aliphatic heterocycles. The Morgan fingerprint density at radius 3 is 2.58 bits per heavy atom. The van der Waals surface area contributed by atoms with E-state index in [1.807, 2.05) is 0 Å². The average Bonchev–Trinajstić information content (AvgIpc) is 2.03. The quantitative estimate of drug-likeness (QED) is 0.544. The van der Waals surface area contributed by atoms with E-state index in [2.05, 4.69) is 16.9 Å². The molecular formula is C8H14N4. The third kappa shape index (κ3) is 3.01.